The third-order valence-electron chi connectivity index (χ3n) is 6.43. The van der Waals surface area contributed by atoms with Crippen LogP contribution in [0.3, 0.4) is 0 Å². The maximum atomic E-state index is 10.5. The lowest BCUT2D eigenvalue weighted by atomic mass is 9.75. The molecule has 0 unspecified atom stereocenters. The predicted molar refractivity (Wildman–Crippen MR) is 114 cm³/mol. The van der Waals surface area contributed by atoms with Crippen LogP contribution in [0.1, 0.15) is 62.5 Å². The molecule has 2 aliphatic carbocycles. The fourth-order valence-electron chi connectivity index (χ4n) is 4.53. The fraction of sp³-hybridized carbons (Fsp3) is 0.500. The molecule has 0 aromatic heterocycles. The molecule has 2 aromatic carbocycles. The number of hydrogen-bond donors (Lipinski definition) is 4. The Labute approximate surface area is 168 Å². The van der Waals surface area contributed by atoms with E-state index in [4.69, 9.17) is 11.5 Å². The summed E-state index contributed by atoms with van der Waals surface area (Å²) in [7, 11) is 0. The van der Waals surface area contributed by atoms with E-state index in [1.54, 1.807) is 0 Å². The van der Waals surface area contributed by atoms with E-state index in [2.05, 4.69) is 0 Å². The Morgan fingerprint density at radius 2 is 1.29 bits per heavy atom. The maximum absolute atomic E-state index is 10.5. The smallest absolute Gasteiger partial charge is 0.105 e. The highest BCUT2D eigenvalue weighted by atomic mass is 16.3. The summed E-state index contributed by atoms with van der Waals surface area (Å²) in [4.78, 5) is 0. The van der Waals surface area contributed by atoms with Gasteiger partial charge in [-0.1, -0.05) is 86.3 Å². The Kier molecular flexibility index (Phi) is 6.89. The molecule has 4 heteroatoms. The second kappa shape index (κ2) is 9.19. The van der Waals surface area contributed by atoms with Crippen LogP contribution in [-0.4, -0.2) is 22.4 Å². The van der Waals surface area contributed by atoms with Gasteiger partial charge in [0.1, 0.15) is 5.60 Å². The summed E-state index contributed by atoms with van der Waals surface area (Å²) >= 11 is 0. The van der Waals surface area contributed by atoms with Crippen LogP contribution < -0.4 is 11.5 Å². The molecular weight excluding hydrogens is 348 g/mol. The van der Waals surface area contributed by atoms with Gasteiger partial charge in [-0.2, -0.15) is 0 Å². The average Bonchev–Trinajstić information content (AvgIpc) is 2.74. The molecule has 2 aliphatic rings. The first-order chi connectivity index (χ1) is 13.5. The van der Waals surface area contributed by atoms with E-state index in [1.807, 2.05) is 60.7 Å². The molecule has 2 aromatic rings. The van der Waals surface area contributed by atoms with E-state index in [1.165, 1.54) is 0 Å². The van der Waals surface area contributed by atoms with Crippen molar-refractivity contribution >= 4 is 0 Å². The highest BCUT2D eigenvalue weighted by Crippen LogP contribution is 2.36. The largest absolute Gasteiger partial charge is 0.391 e. The Bertz CT molecular complexity index is 660. The highest BCUT2D eigenvalue weighted by Gasteiger charge is 2.38. The number of aliphatic hydroxyl groups excluding tert-OH is 1. The quantitative estimate of drug-likeness (QED) is 0.639. The normalized spacial score (nSPS) is 32.9. The summed E-state index contributed by atoms with van der Waals surface area (Å²) in [6.07, 6.45) is 7.44. The monoisotopic (exact) mass is 382 g/mol. The Balaban J connectivity index is 0.000000161. The molecule has 0 bridgehead atoms. The van der Waals surface area contributed by atoms with Gasteiger partial charge in [-0.15, -0.1) is 0 Å². The summed E-state index contributed by atoms with van der Waals surface area (Å²) in [5.74, 6) is 0. The van der Waals surface area contributed by atoms with E-state index in [0.717, 1.165) is 62.5 Å². The van der Waals surface area contributed by atoms with E-state index >= 15 is 0 Å². The molecule has 152 valence electrons. The van der Waals surface area contributed by atoms with Gasteiger partial charge in [0.05, 0.1) is 11.6 Å². The number of rotatable bonds is 2. The third kappa shape index (κ3) is 4.47. The lowest BCUT2D eigenvalue weighted by Crippen LogP contribution is -2.49. The zero-order chi connectivity index (χ0) is 20.0. The van der Waals surface area contributed by atoms with Crippen LogP contribution >= 0.6 is 0 Å². The minimum absolute atomic E-state index is 0.112. The summed E-state index contributed by atoms with van der Waals surface area (Å²) in [5.41, 5.74) is 13.0. The standard InChI is InChI=1S/2C12H17NO/c13-12(9-5-4-8-11(12)14)10-6-2-1-3-7-10;13-11-8-4-5-9-12(11,14)10-6-2-1-3-7-10/h2*1-3,6-7,11,14H,4-5,8-9,13H2/t2*11-,12-/m00/s1. The molecule has 0 spiro atoms. The van der Waals surface area contributed by atoms with Crippen LogP contribution in [0.25, 0.3) is 0 Å². The van der Waals surface area contributed by atoms with Crippen LogP contribution in [0.5, 0.6) is 0 Å². The van der Waals surface area contributed by atoms with Crippen LogP contribution in [-0.2, 0) is 11.1 Å². The second-order valence-electron chi connectivity index (χ2n) is 8.31. The number of benzene rings is 2. The molecule has 0 heterocycles. The molecule has 4 rings (SSSR count). The molecule has 2 fully saturated rings. The van der Waals surface area contributed by atoms with Gasteiger partial charge in [0.2, 0.25) is 0 Å². The first-order valence-corrected chi connectivity index (χ1v) is 10.5. The predicted octanol–water partition coefficient (Wildman–Crippen LogP) is 3.55. The van der Waals surface area contributed by atoms with Gasteiger partial charge in [-0.3, -0.25) is 0 Å². The molecule has 2 saturated carbocycles. The Morgan fingerprint density at radius 1 is 0.750 bits per heavy atom. The number of nitrogens with two attached hydrogens (primary N) is 2. The Hall–Kier alpha value is -1.72. The van der Waals surface area contributed by atoms with Crippen molar-refractivity contribution in [2.75, 3.05) is 0 Å². The molecule has 4 atom stereocenters. The SMILES string of the molecule is N[C@H]1CCCC[C@]1(O)c1ccccc1.N[C@]1(c2ccccc2)CCCC[C@@H]1O. The van der Waals surface area contributed by atoms with Gasteiger partial charge in [-0.25, -0.2) is 0 Å². The molecule has 0 radical (unpaired) electrons. The maximum Gasteiger partial charge on any atom is 0.105 e. The van der Waals surface area contributed by atoms with Gasteiger partial charge in [0.25, 0.3) is 0 Å². The van der Waals surface area contributed by atoms with Gasteiger partial charge in [0.15, 0.2) is 0 Å². The lowest BCUT2D eigenvalue weighted by molar-refractivity contribution is -0.0193. The summed E-state index contributed by atoms with van der Waals surface area (Å²) in [6, 6.07) is 19.6. The van der Waals surface area contributed by atoms with Crippen molar-refractivity contribution in [2.45, 2.75) is 74.7 Å². The van der Waals surface area contributed by atoms with Crippen molar-refractivity contribution in [2.24, 2.45) is 11.5 Å². The van der Waals surface area contributed by atoms with Crippen molar-refractivity contribution < 1.29 is 10.2 Å². The molecule has 4 nitrogen and oxygen atoms in total. The summed E-state index contributed by atoms with van der Waals surface area (Å²) in [5, 5.41) is 20.4. The van der Waals surface area contributed by atoms with Gasteiger partial charge in [0, 0.05) is 6.04 Å². The van der Waals surface area contributed by atoms with E-state index < -0.39 is 17.2 Å². The highest BCUT2D eigenvalue weighted by molar-refractivity contribution is 5.26. The molecule has 0 saturated heterocycles. The minimum Gasteiger partial charge on any atom is -0.391 e. The first kappa shape index (κ1) is 21.0. The van der Waals surface area contributed by atoms with Crippen LogP contribution in [0.2, 0.25) is 0 Å². The molecule has 28 heavy (non-hydrogen) atoms. The molecular formula is C24H34N2O2. The van der Waals surface area contributed by atoms with E-state index in [0.29, 0.717) is 0 Å². The number of aliphatic hydroxyl groups is 2. The average molecular weight is 383 g/mol. The van der Waals surface area contributed by atoms with Crippen LogP contribution in [0, 0.1) is 0 Å². The van der Waals surface area contributed by atoms with Crippen molar-refractivity contribution in [3.63, 3.8) is 0 Å². The van der Waals surface area contributed by atoms with Gasteiger partial charge in [-0.05, 0) is 36.8 Å². The molecule has 0 amide bonds. The minimum atomic E-state index is -0.792. The zero-order valence-electron chi connectivity index (χ0n) is 16.6. The molecule has 6 N–H and O–H groups in total. The summed E-state index contributed by atoms with van der Waals surface area (Å²) < 4.78 is 0. The lowest BCUT2D eigenvalue weighted by Gasteiger charge is -2.38. The van der Waals surface area contributed by atoms with Crippen molar-refractivity contribution in [1.82, 2.24) is 0 Å². The first-order valence-electron chi connectivity index (χ1n) is 10.5. The van der Waals surface area contributed by atoms with Crippen LogP contribution in [0.15, 0.2) is 60.7 Å². The third-order valence-corrected chi connectivity index (χ3v) is 6.43. The van der Waals surface area contributed by atoms with Crippen molar-refractivity contribution in [3.05, 3.63) is 71.8 Å². The Morgan fingerprint density at radius 3 is 1.86 bits per heavy atom. The van der Waals surface area contributed by atoms with Crippen molar-refractivity contribution in [1.29, 1.82) is 0 Å². The molecule has 0 aliphatic heterocycles. The second-order valence-corrected chi connectivity index (χ2v) is 8.31. The fourth-order valence-corrected chi connectivity index (χ4v) is 4.53. The van der Waals surface area contributed by atoms with E-state index in [-0.39, 0.29) is 6.04 Å². The summed E-state index contributed by atoms with van der Waals surface area (Å²) in [6.45, 7) is 0. The zero-order valence-corrected chi connectivity index (χ0v) is 16.6. The topological polar surface area (TPSA) is 92.5 Å². The van der Waals surface area contributed by atoms with Crippen molar-refractivity contribution in [3.8, 4) is 0 Å². The van der Waals surface area contributed by atoms with Crippen LogP contribution in [0.4, 0.5) is 0 Å². The van der Waals surface area contributed by atoms with Gasteiger partial charge < -0.3 is 21.7 Å². The van der Waals surface area contributed by atoms with E-state index in [9.17, 15) is 10.2 Å². The van der Waals surface area contributed by atoms with Gasteiger partial charge >= 0.3 is 0 Å². The number of hydrogen-bond acceptors (Lipinski definition) is 4.